The van der Waals surface area contributed by atoms with Gasteiger partial charge in [-0.05, 0) is 48.5 Å². The Balaban J connectivity index is 2.03. The highest BCUT2D eigenvalue weighted by Gasteiger charge is 2.08. The molecular formula is C15H13F2NO3S. The van der Waals surface area contributed by atoms with E-state index in [1.54, 1.807) is 30.5 Å². The number of carbonyl (C=O) groups excluding carboxylic acids is 1. The Morgan fingerprint density at radius 2 is 1.68 bits per heavy atom. The summed E-state index contributed by atoms with van der Waals surface area (Å²) in [5.74, 6) is -0.334. The maximum atomic E-state index is 12.0. The minimum Gasteiger partial charge on any atom is -0.435 e. The fourth-order valence-corrected chi connectivity index (χ4v) is 2.24. The predicted molar refractivity (Wildman–Crippen MR) is 79.8 cm³/mol. The van der Waals surface area contributed by atoms with Gasteiger partial charge in [-0.3, -0.25) is 9.00 Å². The normalized spacial score (nSPS) is 12.0. The van der Waals surface area contributed by atoms with Crippen molar-refractivity contribution in [3.63, 3.8) is 0 Å². The summed E-state index contributed by atoms with van der Waals surface area (Å²) in [6.45, 7) is -2.89. The Kier molecular flexibility index (Phi) is 5.21. The van der Waals surface area contributed by atoms with E-state index < -0.39 is 17.4 Å². The van der Waals surface area contributed by atoms with Crippen molar-refractivity contribution in [3.05, 3.63) is 54.1 Å². The van der Waals surface area contributed by atoms with E-state index in [1.165, 1.54) is 24.3 Å². The zero-order chi connectivity index (χ0) is 16.1. The van der Waals surface area contributed by atoms with Crippen LogP contribution in [0.2, 0.25) is 0 Å². The van der Waals surface area contributed by atoms with Gasteiger partial charge < -0.3 is 10.1 Å². The fraction of sp³-hybridized carbons (Fsp3) is 0.133. The molecular weight excluding hydrogens is 312 g/mol. The molecule has 0 radical (unpaired) electrons. The largest absolute Gasteiger partial charge is 0.435 e. The minimum atomic E-state index is -2.89. The number of halogens is 2. The van der Waals surface area contributed by atoms with Crippen molar-refractivity contribution in [1.29, 1.82) is 0 Å². The Morgan fingerprint density at radius 1 is 1.09 bits per heavy atom. The molecule has 1 atom stereocenters. The zero-order valence-electron chi connectivity index (χ0n) is 11.6. The minimum absolute atomic E-state index is 0.0165. The molecule has 2 aromatic carbocycles. The van der Waals surface area contributed by atoms with Crippen molar-refractivity contribution < 1.29 is 22.5 Å². The third-order valence-electron chi connectivity index (χ3n) is 2.79. The molecule has 0 unspecified atom stereocenters. The van der Waals surface area contributed by atoms with Gasteiger partial charge in [0, 0.05) is 33.2 Å². The Labute approximate surface area is 128 Å². The second-order valence-corrected chi connectivity index (χ2v) is 5.72. The maximum absolute atomic E-state index is 12.0. The molecule has 0 aromatic heterocycles. The number of carbonyl (C=O) groups is 1. The topological polar surface area (TPSA) is 55.4 Å². The SMILES string of the molecule is C[S@](=O)c1ccc(C(=O)Nc2ccc(OC(F)F)cc2)cc1. The molecule has 0 bridgehead atoms. The van der Waals surface area contributed by atoms with Gasteiger partial charge in [0.1, 0.15) is 5.75 Å². The highest BCUT2D eigenvalue weighted by atomic mass is 32.2. The third kappa shape index (κ3) is 4.36. The second-order valence-electron chi connectivity index (χ2n) is 4.34. The molecule has 7 heteroatoms. The van der Waals surface area contributed by atoms with Gasteiger partial charge in [-0.15, -0.1) is 0 Å². The van der Waals surface area contributed by atoms with Crippen LogP contribution in [0.4, 0.5) is 14.5 Å². The van der Waals surface area contributed by atoms with Gasteiger partial charge in [-0.25, -0.2) is 0 Å². The Hall–Kier alpha value is -2.28. The van der Waals surface area contributed by atoms with Crippen molar-refractivity contribution in [2.24, 2.45) is 0 Å². The number of rotatable bonds is 5. The van der Waals surface area contributed by atoms with Crippen LogP contribution in [0, 0.1) is 0 Å². The van der Waals surface area contributed by atoms with Gasteiger partial charge in [0.15, 0.2) is 0 Å². The average Bonchev–Trinajstić information content (AvgIpc) is 2.49. The summed E-state index contributed by atoms with van der Waals surface area (Å²) < 4.78 is 39.5. The molecule has 0 saturated heterocycles. The van der Waals surface area contributed by atoms with Crippen LogP contribution in [-0.4, -0.2) is 23.0 Å². The van der Waals surface area contributed by atoms with E-state index in [9.17, 15) is 17.8 Å². The summed E-state index contributed by atoms with van der Waals surface area (Å²) in [5.41, 5.74) is 0.858. The van der Waals surface area contributed by atoms with Crippen LogP contribution in [-0.2, 0) is 10.8 Å². The summed E-state index contributed by atoms with van der Waals surface area (Å²) in [6.07, 6.45) is 1.55. The Bertz CT molecular complexity index is 672. The number of alkyl halides is 2. The first kappa shape index (κ1) is 16.1. The van der Waals surface area contributed by atoms with Crippen LogP contribution in [0.1, 0.15) is 10.4 Å². The number of anilines is 1. The third-order valence-corrected chi connectivity index (χ3v) is 3.72. The molecule has 0 aliphatic heterocycles. The van der Waals surface area contributed by atoms with E-state index in [2.05, 4.69) is 10.1 Å². The molecule has 0 aliphatic rings. The molecule has 0 aliphatic carbocycles. The number of hydrogen-bond acceptors (Lipinski definition) is 3. The number of hydrogen-bond donors (Lipinski definition) is 1. The number of ether oxygens (including phenoxy) is 1. The summed E-state index contributed by atoms with van der Waals surface area (Å²) in [6, 6.07) is 12.0. The van der Waals surface area contributed by atoms with Crippen LogP contribution in [0.5, 0.6) is 5.75 Å². The summed E-state index contributed by atoms with van der Waals surface area (Å²) >= 11 is 0. The second kappa shape index (κ2) is 7.13. The van der Waals surface area contributed by atoms with E-state index in [1.807, 2.05) is 0 Å². The molecule has 0 fully saturated rings. The van der Waals surface area contributed by atoms with Gasteiger partial charge in [0.05, 0.1) is 0 Å². The molecule has 2 rings (SSSR count). The molecule has 2 aromatic rings. The van der Waals surface area contributed by atoms with Gasteiger partial charge in [-0.1, -0.05) is 0 Å². The highest BCUT2D eigenvalue weighted by Crippen LogP contribution is 2.18. The molecule has 0 heterocycles. The first-order valence-electron chi connectivity index (χ1n) is 6.25. The molecule has 4 nitrogen and oxygen atoms in total. The fourth-order valence-electron chi connectivity index (χ4n) is 1.72. The Morgan fingerprint density at radius 3 is 2.18 bits per heavy atom. The standard InChI is InChI=1S/C15H13F2NO3S/c1-22(20)13-8-2-10(3-9-13)14(19)18-11-4-6-12(7-5-11)21-15(16)17/h2-9,15H,1H3,(H,18,19)/t22-/m0/s1. The van der Waals surface area contributed by atoms with E-state index in [-0.39, 0.29) is 11.7 Å². The smallest absolute Gasteiger partial charge is 0.387 e. The number of amides is 1. The van der Waals surface area contributed by atoms with Gasteiger partial charge in [-0.2, -0.15) is 8.78 Å². The number of benzene rings is 2. The molecule has 0 spiro atoms. The van der Waals surface area contributed by atoms with E-state index in [4.69, 9.17) is 0 Å². The van der Waals surface area contributed by atoms with Crippen LogP contribution in [0.15, 0.2) is 53.4 Å². The molecule has 116 valence electrons. The van der Waals surface area contributed by atoms with E-state index in [0.717, 1.165) is 0 Å². The lowest BCUT2D eigenvalue weighted by Crippen LogP contribution is -2.12. The molecule has 1 amide bonds. The summed E-state index contributed by atoms with van der Waals surface area (Å²) in [7, 11) is -1.10. The van der Waals surface area contributed by atoms with Gasteiger partial charge in [0.2, 0.25) is 0 Å². The highest BCUT2D eigenvalue weighted by molar-refractivity contribution is 7.84. The lowest BCUT2D eigenvalue weighted by Gasteiger charge is -2.08. The quantitative estimate of drug-likeness (QED) is 0.918. The number of nitrogens with one attached hydrogen (secondary N) is 1. The lowest BCUT2D eigenvalue weighted by molar-refractivity contribution is -0.0498. The van der Waals surface area contributed by atoms with E-state index >= 15 is 0 Å². The van der Waals surface area contributed by atoms with Crippen molar-refractivity contribution in [3.8, 4) is 5.75 Å². The summed E-state index contributed by atoms with van der Waals surface area (Å²) in [4.78, 5) is 12.6. The van der Waals surface area contributed by atoms with Crippen molar-refractivity contribution in [2.75, 3.05) is 11.6 Å². The first-order chi connectivity index (χ1) is 10.5. The van der Waals surface area contributed by atoms with E-state index in [0.29, 0.717) is 16.1 Å². The van der Waals surface area contributed by atoms with Crippen LogP contribution >= 0.6 is 0 Å². The van der Waals surface area contributed by atoms with Crippen molar-refractivity contribution >= 4 is 22.4 Å². The zero-order valence-corrected chi connectivity index (χ0v) is 12.4. The lowest BCUT2D eigenvalue weighted by atomic mass is 10.2. The van der Waals surface area contributed by atoms with Crippen molar-refractivity contribution in [1.82, 2.24) is 0 Å². The van der Waals surface area contributed by atoms with Gasteiger partial charge >= 0.3 is 6.61 Å². The average molecular weight is 325 g/mol. The molecule has 22 heavy (non-hydrogen) atoms. The van der Waals surface area contributed by atoms with Gasteiger partial charge in [0.25, 0.3) is 5.91 Å². The monoisotopic (exact) mass is 325 g/mol. The first-order valence-corrected chi connectivity index (χ1v) is 7.81. The van der Waals surface area contributed by atoms with Crippen LogP contribution in [0.3, 0.4) is 0 Å². The van der Waals surface area contributed by atoms with Crippen LogP contribution in [0.25, 0.3) is 0 Å². The molecule has 0 saturated carbocycles. The predicted octanol–water partition coefficient (Wildman–Crippen LogP) is 3.28. The van der Waals surface area contributed by atoms with Crippen LogP contribution < -0.4 is 10.1 Å². The maximum Gasteiger partial charge on any atom is 0.387 e. The summed E-state index contributed by atoms with van der Waals surface area (Å²) in [5, 5.41) is 2.63. The molecule has 1 N–H and O–H groups in total. The van der Waals surface area contributed by atoms with Crippen molar-refractivity contribution in [2.45, 2.75) is 11.5 Å².